The Bertz CT molecular complexity index is 127. The molecule has 3 heteroatoms. The fourth-order valence-electron chi connectivity index (χ4n) is 1.86. The molecule has 3 nitrogen and oxygen atoms in total. The van der Waals surface area contributed by atoms with E-state index in [2.05, 4.69) is 29.5 Å². The first-order chi connectivity index (χ1) is 6.34. The molecular weight excluding hydrogens is 162 g/mol. The summed E-state index contributed by atoms with van der Waals surface area (Å²) in [5.74, 6) is 0. The second-order valence-corrected chi connectivity index (χ2v) is 3.83. The van der Waals surface area contributed by atoms with Gasteiger partial charge in [-0.1, -0.05) is 6.92 Å². The van der Waals surface area contributed by atoms with Gasteiger partial charge in [0, 0.05) is 25.7 Å². The van der Waals surface area contributed by atoms with Crippen LogP contribution in [0, 0.1) is 0 Å². The first-order valence-electron chi connectivity index (χ1n) is 5.46. The van der Waals surface area contributed by atoms with Gasteiger partial charge in [-0.25, -0.2) is 0 Å². The van der Waals surface area contributed by atoms with Crippen LogP contribution in [0.3, 0.4) is 0 Å². The minimum absolute atomic E-state index is 0.779. The molecule has 1 saturated heterocycles. The van der Waals surface area contributed by atoms with Crippen molar-refractivity contribution in [2.45, 2.75) is 25.8 Å². The second kappa shape index (κ2) is 6.35. The third-order valence-corrected chi connectivity index (χ3v) is 2.78. The summed E-state index contributed by atoms with van der Waals surface area (Å²) in [6.07, 6.45) is 2.74. The molecule has 1 fully saturated rings. The van der Waals surface area contributed by atoms with Crippen LogP contribution in [0.1, 0.15) is 19.8 Å². The summed E-state index contributed by atoms with van der Waals surface area (Å²) in [6, 6.07) is 0.779. The van der Waals surface area contributed by atoms with Crippen molar-refractivity contribution in [2.24, 2.45) is 0 Å². The molecule has 13 heavy (non-hydrogen) atoms. The molecule has 0 aromatic carbocycles. The third-order valence-electron chi connectivity index (χ3n) is 2.78. The molecule has 1 rings (SSSR count). The SMILES string of the molecule is CCNCCNCC1CCCN1C. The van der Waals surface area contributed by atoms with E-state index >= 15 is 0 Å². The van der Waals surface area contributed by atoms with Gasteiger partial charge in [0.05, 0.1) is 0 Å². The van der Waals surface area contributed by atoms with E-state index in [9.17, 15) is 0 Å². The fraction of sp³-hybridized carbons (Fsp3) is 1.00. The summed E-state index contributed by atoms with van der Waals surface area (Å²) in [7, 11) is 2.23. The van der Waals surface area contributed by atoms with E-state index in [1.807, 2.05) is 0 Å². The Hall–Kier alpha value is -0.120. The van der Waals surface area contributed by atoms with Gasteiger partial charge < -0.3 is 15.5 Å². The van der Waals surface area contributed by atoms with Crippen LogP contribution in [0.2, 0.25) is 0 Å². The minimum atomic E-state index is 0.779. The smallest absolute Gasteiger partial charge is 0.0218 e. The summed E-state index contributed by atoms with van der Waals surface area (Å²) in [4.78, 5) is 2.46. The summed E-state index contributed by atoms with van der Waals surface area (Å²) >= 11 is 0. The Morgan fingerprint density at radius 3 is 2.69 bits per heavy atom. The van der Waals surface area contributed by atoms with E-state index in [0.29, 0.717) is 0 Å². The average molecular weight is 185 g/mol. The van der Waals surface area contributed by atoms with Crippen LogP contribution in [-0.2, 0) is 0 Å². The van der Waals surface area contributed by atoms with Crippen LogP contribution in [0.5, 0.6) is 0 Å². The molecule has 1 unspecified atom stereocenters. The summed E-state index contributed by atoms with van der Waals surface area (Å²) in [6.45, 7) is 7.84. The molecule has 2 N–H and O–H groups in total. The predicted octanol–water partition coefficient (Wildman–Crippen LogP) is 0.280. The second-order valence-electron chi connectivity index (χ2n) is 3.83. The van der Waals surface area contributed by atoms with Gasteiger partial charge in [0.15, 0.2) is 0 Å². The summed E-state index contributed by atoms with van der Waals surface area (Å²) < 4.78 is 0. The van der Waals surface area contributed by atoms with Crippen LogP contribution in [0.15, 0.2) is 0 Å². The molecule has 0 amide bonds. The molecule has 0 bridgehead atoms. The molecule has 0 spiro atoms. The van der Waals surface area contributed by atoms with E-state index in [0.717, 1.165) is 32.2 Å². The molecular formula is C10H23N3. The van der Waals surface area contributed by atoms with Crippen molar-refractivity contribution in [3.63, 3.8) is 0 Å². The predicted molar refractivity (Wildman–Crippen MR) is 57.1 cm³/mol. The molecule has 1 aliphatic rings. The minimum Gasteiger partial charge on any atom is -0.316 e. The van der Waals surface area contributed by atoms with E-state index in [-0.39, 0.29) is 0 Å². The molecule has 0 aromatic rings. The number of likely N-dealkylation sites (tertiary alicyclic amines) is 1. The van der Waals surface area contributed by atoms with Crippen LogP contribution >= 0.6 is 0 Å². The van der Waals surface area contributed by atoms with Crippen molar-refractivity contribution in [3.8, 4) is 0 Å². The molecule has 1 heterocycles. The zero-order valence-corrected chi connectivity index (χ0v) is 8.97. The quantitative estimate of drug-likeness (QED) is 0.582. The number of hydrogen-bond acceptors (Lipinski definition) is 3. The number of nitrogens with zero attached hydrogens (tertiary/aromatic N) is 1. The van der Waals surface area contributed by atoms with Gasteiger partial charge in [0.25, 0.3) is 0 Å². The Balaban J connectivity index is 1.93. The maximum absolute atomic E-state index is 3.49. The van der Waals surface area contributed by atoms with Gasteiger partial charge in [-0.15, -0.1) is 0 Å². The first-order valence-corrected chi connectivity index (χ1v) is 5.46. The van der Waals surface area contributed by atoms with Crippen LogP contribution in [-0.4, -0.2) is 50.7 Å². The van der Waals surface area contributed by atoms with Crippen LogP contribution < -0.4 is 10.6 Å². The summed E-state index contributed by atoms with van der Waals surface area (Å²) in [5, 5.41) is 6.80. The van der Waals surface area contributed by atoms with Crippen molar-refractivity contribution in [2.75, 3.05) is 39.8 Å². The van der Waals surface area contributed by atoms with Crippen molar-refractivity contribution in [3.05, 3.63) is 0 Å². The monoisotopic (exact) mass is 185 g/mol. The lowest BCUT2D eigenvalue weighted by Gasteiger charge is -2.19. The highest BCUT2D eigenvalue weighted by atomic mass is 15.2. The van der Waals surface area contributed by atoms with Gasteiger partial charge in [-0.2, -0.15) is 0 Å². The standard InChI is InChI=1S/C10H23N3/c1-3-11-6-7-12-9-10-5-4-8-13(10)2/h10-12H,3-9H2,1-2H3. The van der Waals surface area contributed by atoms with Gasteiger partial charge in [-0.05, 0) is 33.0 Å². The average Bonchev–Trinajstić information content (AvgIpc) is 2.52. The lowest BCUT2D eigenvalue weighted by Crippen LogP contribution is -2.38. The van der Waals surface area contributed by atoms with E-state index in [1.165, 1.54) is 19.4 Å². The lowest BCUT2D eigenvalue weighted by atomic mass is 10.2. The molecule has 1 aliphatic heterocycles. The maximum Gasteiger partial charge on any atom is 0.0218 e. The van der Waals surface area contributed by atoms with Crippen LogP contribution in [0.4, 0.5) is 0 Å². The molecule has 0 aliphatic carbocycles. The third kappa shape index (κ3) is 4.07. The van der Waals surface area contributed by atoms with Crippen molar-refractivity contribution in [1.82, 2.24) is 15.5 Å². The molecule has 0 aromatic heterocycles. The number of nitrogens with one attached hydrogen (secondary N) is 2. The van der Waals surface area contributed by atoms with E-state index in [1.54, 1.807) is 0 Å². The number of hydrogen-bond donors (Lipinski definition) is 2. The molecule has 0 radical (unpaired) electrons. The largest absolute Gasteiger partial charge is 0.316 e. The first kappa shape index (κ1) is 11.0. The topological polar surface area (TPSA) is 27.3 Å². The van der Waals surface area contributed by atoms with Crippen molar-refractivity contribution >= 4 is 0 Å². The number of rotatable bonds is 6. The van der Waals surface area contributed by atoms with Gasteiger partial charge in [0.2, 0.25) is 0 Å². The van der Waals surface area contributed by atoms with Crippen molar-refractivity contribution < 1.29 is 0 Å². The normalized spacial score (nSPS) is 24.0. The van der Waals surface area contributed by atoms with Crippen LogP contribution in [0.25, 0.3) is 0 Å². The molecule has 78 valence electrons. The van der Waals surface area contributed by atoms with Gasteiger partial charge in [-0.3, -0.25) is 0 Å². The highest BCUT2D eigenvalue weighted by molar-refractivity contribution is 4.77. The zero-order valence-electron chi connectivity index (χ0n) is 8.97. The number of likely N-dealkylation sites (N-methyl/N-ethyl adjacent to an activating group) is 2. The molecule has 0 saturated carbocycles. The van der Waals surface area contributed by atoms with Gasteiger partial charge >= 0.3 is 0 Å². The molecule has 1 atom stereocenters. The summed E-state index contributed by atoms with van der Waals surface area (Å²) in [5.41, 5.74) is 0. The lowest BCUT2D eigenvalue weighted by molar-refractivity contribution is 0.301. The van der Waals surface area contributed by atoms with Crippen molar-refractivity contribution in [1.29, 1.82) is 0 Å². The van der Waals surface area contributed by atoms with Gasteiger partial charge in [0.1, 0.15) is 0 Å². The fourth-order valence-corrected chi connectivity index (χ4v) is 1.86. The Morgan fingerprint density at radius 2 is 2.08 bits per heavy atom. The highest BCUT2D eigenvalue weighted by Gasteiger charge is 2.19. The van der Waals surface area contributed by atoms with E-state index < -0.39 is 0 Å². The highest BCUT2D eigenvalue weighted by Crippen LogP contribution is 2.13. The Kier molecular flexibility index (Phi) is 5.35. The Labute approximate surface area is 81.9 Å². The zero-order chi connectivity index (χ0) is 9.52. The van der Waals surface area contributed by atoms with E-state index in [4.69, 9.17) is 0 Å². The Morgan fingerprint density at radius 1 is 1.31 bits per heavy atom. The maximum atomic E-state index is 3.49.